The number of alkyl halides is 2. The molecule has 196 valence electrons. The van der Waals surface area contributed by atoms with Gasteiger partial charge in [-0.3, -0.25) is 0 Å². The molecule has 0 unspecified atom stereocenters. The van der Waals surface area contributed by atoms with Crippen LogP contribution in [0.15, 0.2) is 42.7 Å². The third kappa shape index (κ3) is 5.36. The van der Waals surface area contributed by atoms with E-state index in [-0.39, 0.29) is 38.4 Å². The summed E-state index contributed by atoms with van der Waals surface area (Å²) in [5, 5.41) is 4.20. The van der Waals surface area contributed by atoms with Gasteiger partial charge in [-0.2, -0.15) is 0 Å². The van der Waals surface area contributed by atoms with E-state index in [0.29, 0.717) is 30.6 Å². The van der Waals surface area contributed by atoms with Crippen molar-refractivity contribution >= 4 is 27.1 Å². The van der Waals surface area contributed by atoms with Gasteiger partial charge in [-0.15, -0.1) is 0 Å². The van der Waals surface area contributed by atoms with Gasteiger partial charge in [-0.25, -0.2) is 8.78 Å². The first kappa shape index (κ1) is 26.8. The minimum atomic E-state index is -3.93. The second-order valence-corrected chi connectivity index (χ2v) is 14.5. The van der Waals surface area contributed by atoms with E-state index in [0.717, 1.165) is 29.4 Å². The number of hydrogen-bond acceptors (Lipinski definition) is 5. The quantitative estimate of drug-likeness (QED) is 0.219. The van der Waals surface area contributed by atoms with Crippen molar-refractivity contribution in [3.63, 3.8) is 0 Å². The summed E-state index contributed by atoms with van der Waals surface area (Å²) in [6.45, 7) is 3.89. The summed E-state index contributed by atoms with van der Waals surface area (Å²) < 4.78 is 58.0. The van der Waals surface area contributed by atoms with E-state index in [1.165, 1.54) is 16.8 Å². The monoisotopic (exact) mass is 631 g/mol. The molecule has 3 heterocycles. The van der Waals surface area contributed by atoms with E-state index >= 15 is 0 Å². The number of amides is 1. The molecular weight excluding hydrogens is 601 g/mol. The standard InChI is InChI=1S/C25H30F2IN4O3S/c1-25(2,10-5-11-28-3)36(34,35)30-24(33)20-16-29-32-13-9-18(15-23(20)32)31-12-4-6-22(31)19-14-17(26)7-8-21(19)27/h7-9,13-16,22H,4-6,10-12H2,1-3H3,(H,30,33)/q-1/t22-/m1/s1. The molecule has 7 nitrogen and oxygen atoms in total. The number of rotatable bonds is 9. The average Bonchev–Trinajstić information content (AvgIpc) is 3.47. The van der Waals surface area contributed by atoms with Crippen LogP contribution in [0, 0.1) is 11.6 Å². The van der Waals surface area contributed by atoms with Crippen LogP contribution in [0.25, 0.3) is 5.52 Å². The second-order valence-electron chi connectivity index (χ2n) is 9.54. The minimum absolute atomic E-state index is 0.0818. The fourth-order valence-electron chi connectivity index (χ4n) is 4.57. The zero-order chi connectivity index (χ0) is 26.1. The average molecular weight is 632 g/mol. The Bertz CT molecular complexity index is 1380. The van der Waals surface area contributed by atoms with Gasteiger partial charge in [0.05, 0.1) is 6.04 Å². The first-order valence-electron chi connectivity index (χ1n) is 11.7. The van der Waals surface area contributed by atoms with Crippen LogP contribution < -0.4 is 30.8 Å². The van der Waals surface area contributed by atoms with Crippen LogP contribution >= 0.6 is 0 Å². The van der Waals surface area contributed by atoms with Gasteiger partial charge >= 0.3 is 152 Å². The Kier molecular flexibility index (Phi) is 7.89. The molecule has 1 aliphatic rings. The van der Waals surface area contributed by atoms with Crippen LogP contribution in [0.5, 0.6) is 0 Å². The molecule has 0 radical (unpaired) electrons. The van der Waals surface area contributed by atoms with Gasteiger partial charge in [0.2, 0.25) is 0 Å². The van der Waals surface area contributed by atoms with Crippen molar-refractivity contribution in [1.82, 2.24) is 14.3 Å². The third-order valence-electron chi connectivity index (χ3n) is 6.71. The van der Waals surface area contributed by atoms with Gasteiger partial charge in [0.15, 0.2) is 0 Å². The molecule has 0 bridgehead atoms. The van der Waals surface area contributed by atoms with Gasteiger partial charge in [0.25, 0.3) is 0 Å². The number of nitrogens with zero attached hydrogens (tertiary/aromatic N) is 3. The number of fused-ring (bicyclic) bond motifs is 1. The maximum absolute atomic E-state index is 14.5. The number of benzene rings is 1. The Morgan fingerprint density at radius 2 is 2.03 bits per heavy atom. The summed E-state index contributed by atoms with van der Waals surface area (Å²) in [6.07, 6.45) is 5.73. The number of halogens is 3. The van der Waals surface area contributed by atoms with Crippen LogP contribution in [0.3, 0.4) is 0 Å². The van der Waals surface area contributed by atoms with E-state index in [4.69, 9.17) is 0 Å². The molecule has 36 heavy (non-hydrogen) atoms. The van der Waals surface area contributed by atoms with Crippen LogP contribution in [0.1, 0.15) is 61.5 Å². The number of carbonyl (C=O) groups excluding carboxylic acids is 1. The molecule has 3 aromatic rings. The molecule has 1 N–H and O–H groups in total. The van der Waals surface area contributed by atoms with Gasteiger partial charge < -0.3 is 0 Å². The Labute approximate surface area is 220 Å². The zero-order valence-electron chi connectivity index (χ0n) is 20.5. The number of aromatic nitrogens is 2. The van der Waals surface area contributed by atoms with Crippen LogP contribution in [-0.2, 0) is 10.0 Å². The second kappa shape index (κ2) is 10.6. The number of sulfonamides is 1. The van der Waals surface area contributed by atoms with Crippen molar-refractivity contribution in [3.8, 4) is 0 Å². The summed E-state index contributed by atoms with van der Waals surface area (Å²) in [4.78, 5) is 17.2. The number of hydrogen-bond donors (Lipinski definition) is 1. The van der Waals surface area contributed by atoms with Crippen molar-refractivity contribution < 1.29 is 43.2 Å². The fourth-order valence-corrected chi connectivity index (χ4v) is 6.76. The molecule has 1 saturated heterocycles. The van der Waals surface area contributed by atoms with E-state index in [9.17, 15) is 22.0 Å². The van der Waals surface area contributed by atoms with Gasteiger partial charge in [0, 0.05) is 12.1 Å². The Morgan fingerprint density at radius 3 is 2.78 bits per heavy atom. The van der Waals surface area contributed by atoms with Crippen molar-refractivity contribution in [2.75, 3.05) is 20.8 Å². The number of anilines is 1. The molecule has 0 spiro atoms. The summed E-state index contributed by atoms with van der Waals surface area (Å²) >= 11 is 0.0818. The predicted molar refractivity (Wildman–Crippen MR) is 131 cm³/mol. The normalized spacial score (nSPS) is 16.7. The molecule has 2 aromatic heterocycles. The predicted octanol–water partition coefficient (Wildman–Crippen LogP) is 1.29. The van der Waals surface area contributed by atoms with E-state index in [1.807, 2.05) is 4.90 Å². The summed E-state index contributed by atoms with van der Waals surface area (Å²) in [5.74, 6) is -1.70. The number of carbonyl (C=O) groups is 1. The van der Waals surface area contributed by atoms with Crippen LogP contribution in [0.4, 0.5) is 14.5 Å². The van der Waals surface area contributed by atoms with Gasteiger partial charge in [0.1, 0.15) is 11.6 Å². The van der Waals surface area contributed by atoms with Crippen molar-refractivity contribution in [3.05, 3.63) is 65.5 Å². The number of pyridine rings is 1. The van der Waals surface area contributed by atoms with E-state index in [1.54, 1.807) is 32.2 Å². The SMILES string of the molecule is C[I-]CCCC(C)(C)S(=O)(=O)NC(=O)c1cnn2ccc(N3CCC[C@@H]3c3cc(F)ccc3F)cc12. The van der Waals surface area contributed by atoms with Crippen molar-refractivity contribution in [1.29, 1.82) is 0 Å². The molecule has 1 atom stereocenters. The van der Waals surface area contributed by atoms with E-state index < -0.39 is 32.3 Å². The summed E-state index contributed by atoms with van der Waals surface area (Å²) in [6, 6.07) is 6.64. The first-order valence-corrected chi connectivity index (χ1v) is 16.9. The maximum atomic E-state index is 14.5. The molecule has 0 saturated carbocycles. The van der Waals surface area contributed by atoms with Crippen LogP contribution in [-0.4, -0.2) is 44.6 Å². The molecule has 1 aromatic carbocycles. The molecular formula is C25H30F2IN4O3S-. The fraction of sp³-hybridized carbons (Fsp3) is 0.440. The van der Waals surface area contributed by atoms with Gasteiger partial charge in [-0.1, -0.05) is 0 Å². The molecule has 4 rings (SSSR count). The zero-order valence-corrected chi connectivity index (χ0v) is 23.4. The molecule has 1 amide bonds. The van der Waals surface area contributed by atoms with Crippen molar-refractivity contribution in [2.45, 2.75) is 50.3 Å². The molecule has 0 aliphatic carbocycles. The van der Waals surface area contributed by atoms with E-state index in [2.05, 4.69) is 14.8 Å². The van der Waals surface area contributed by atoms with Gasteiger partial charge in [-0.05, 0) is 31.0 Å². The topological polar surface area (TPSA) is 83.8 Å². The Morgan fingerprint density at radius 1 is 1.25 bits per heavy atom. The van der Waals surface area contributed by atoms with Crippen molar-refractivity contribution in [2.24, 2.45) is 0 Å². The third-order valence-corrected chi connectivity index (χ3v) is 10.7. The summed E-state index contributed by atoms with van der Waals surface area (Å²) in [7, 11) is -3.93. The van der Waals surface area contributed by atoms with Crippen LogP contribution in [0.2, 0.25) is 0 Å². The molecule has 1 aliphatic heterocycles. The Balaban J connectivity index is 1.61. The summed E-state index contributed by atoms with van der Waals surface area (Å²) in [5.41, 5.74) is 1.56. The molecule has 11 heteroatoms. The molecule has 1 fully saturated rings. The number of nitrogens with one attached hydrogen (secondary N) is 1. The Hall–Kier alpha value is -2.28. The first-order chi connectivity index (χ1) is 17.0.